The first-order chi connectivity index (χ1) is 15.7. The van der Waals surface area contributed by atoms with E-state index in [1.807, 2.05) is 74.2 Å². The van der Waals surface area contributed by atoms with Crippen LogP contribution >= 0.6 is 0 Å². The molecule has 0 N–H and O–H groups in total. The highest BCUT2D eigenvalue weighted by Gasteiger charge is 2.44. The second kappa shape index (κ2) is 9.39. The average molecular weight is 445 g/mol. The number of hydrogen-bond donors (Lipinski definition) is 0. The fraction of sp³-hybridized carbons (Fsp3) is 0.464. The Hall–Kier alpha value is -3.13. The lowest BCUT2D eigenvalue weighted by molar-refractivity contribution is -0.126. The van der Waals surface area contributed by atoms with E-state index in [0.717, 1.165) is 48.8 Å². The highest BCUT2D eigenvalue weighted by molar-refractivity contribution is 5.84. The van der Waals surface area contributed by atoms with Crippen LogP contribution in [0.25, 0.3) is 11.1 Å². The number of nitrogens with zero attached hydrogens (tertiary/aromatic N) is 2. The van der Waals surface area contributed by atoms with E-state index >= 15 is 0 Å². The van der Waals surface area contributed by atoms with Crippen LogP contribution in [0.5, 0.6) is 0 Å². The zero-order valence-electron chi connectivity index (χ0n) is 19.7. The third-order valence-electron chi connectivity index (χ3n) is 6.73. The van der Waals surface area contributed by atoms with Gasteiger partial charge in [0.15, 0.2) is 0 Å². The Kier molecular flexibility index (Phi) is 6.56. The summed E-state index contributed by atoms with van der Waals surface area (Å²) in [5.41, 5.74) is 2.99. The topological polar surface area (TPSA) is 70.4 Å². The Morgan fingerprint density at radius 1 is 1.03 bits per heavy atom. The maximum absolute atomic E-state index is 13.2. The molecule has 0 spiro atoms. The molecule has 2 atom stereocenters. The van der Waals surface area contributed by atoms with Gasteiger partial charge in [-0.25, -0.2) is 4.79 Å². The van der Waals surface area contributed by atoms with Crippen molar-refractivity contribution in [3.8, 4) is 17.2 Å². The lowest BCUT2D eigenvalue weighted by Crippen LogP contribution is -2.56. The summed E-state index contributed by atoms with van der Waals surface area (Å²) in [5.74, 6) is 0.235. The summed E-state index contributed by atoms with van der Waals surface area (Å²) < 4.78 is 5.65. The molecule has 2 saturated heterocycles. The Bertz CT molecular complexity index is 1050. The summed E-state index contributed by atoms with van der Waals surface area (Å²) in [5, 5.41) is 9.35. The third-order valence-corrected chi connectivity index (χ3v) is 6.73. The van der Waals surface area contributed by atoms with Crippen molar-refractivity contribution >= 4 is 11.9 Å². The number of rotatable bonds is 4. The van der Waals surface area contributed by atoms with E-state index in [4.69, 9.17) is 4.74 Å². The van der Waals surface area contributed by atoms with Crippen LogP contribution in [0.1, 0.15) is 64.0 Å². The molecule has 2 aromatic rings. The Morgan fingerprint density at radius 3 is 2.27 bits per heavy atom. The van der Waals surface area contributed by atoms with Gasteiger partial charge in [-0.2, -0.15) is 5.26 Å². The van der Waals surface area contributed by atoms with Crippen LogP contribution in [-0.4, -0.2) is 34.5 Å². The minimum Gasteiger partial charge on any atom is -0.444 e. The molecular formula is C28H32N2O3. The fourth-order valence-electron chi connectivity index (χ4n) is 5.24. The van der Waals surface area contributed by atoms with Crippen molar-refractivity contribution in [2.24, 2.45) is 5.92 Å². The number of amides is 1. The lowest BCUT2D eigenvalue weighted by atomic mass is 9.76. The van der Waals surface area contributed by atoms with Crippen molar-refractivity contribution in [2.45, 2.75) is 77.0 Å². The first kappa shape index (κ1) is 23.0. The molecule has 2 bridgehead atoms. The van der Waals surface area contributed by atoms with Crippen molar-refractivity contribution < 1.29 is 14.3 Å². The number of ether oxygens (including phenoxy) is 1. The van der Waals surface area contributed by atoms with E-state index < -0.39 is 5.60 Å². The Balaban J connectivity index is 1.42. The molecule has 2 heterocycles. The van der Waals surface area contributed by atoms with E-state index in [0.29, 0.717) is 12.0 Å². The molecule has 33 heavy (non-hydrogen) atoms. The van der Waals surface area contributed by atoms with Gasteiger partial charge in [0.25, 0.3) is 0 Å². The Labute approximate surface area is 196 Å². The fourth-order valence-corrected chi connectivity index (χ4v) is 5.24. The van der Waals surface area contributed by atoms with Gasteiger partial charge in [0.1, 0.15) is 11.4 Å². The Morgan fingerprint density at radius 2 is 1.67 bits per heavy atom. The van der Waals surface area contributed by atoms with Crippen LogP contribution in [-0.2, 0) is 16.0 Å². The van der Waals surface area contributed by atoms with Crippen molar-refractivity contribution in [3.05, 3.63) is 59.7 Å². The van der Waals surface area contributed by atoms with Crippen LogP contribution in [0.2, 0.25) is 0 Å². The minimum atomic E-state index is -0.516. The van der Waals surface area contributed by atoms with Crippen LogP contribution < -0.4 is 0 Å². The van der Waals surface area contributed by atoms with E-state index in [2.05, 4.69) is 6.07 Å². The molecule has 1 amide bonds. The molecule has 2 aromatic carbocycles. The maximum atomic E-state index is 13.2. The molecule has 172 valence electrons. The highest BCUT2D eigenvalue weighted by Crippen LogP contribution is 2.38. The molecule has 2 fully saturated rings. The smallest absolute Gasteiger partial charge is 0.410 e. The predicted molar refractivity (Wildman–Crippen MR) is 128 cm³/mol. The summed E-state index contributed by atoms with van der Waals surface area (Å²) >= 11 is 0. The molecular weight excluding hydrogens is 412 g/mol. The number of carbonyl (C=O) groups excluding carboxylic acids is 2. The quantitative estimate of drug-likeness (QED) is 0.588. The zero-order valence-corrected chi connectivity index (χ0v) is 19.7. The van der Waals surface area contributed by atoms with Gasteiger partial charge in [-0.15, -0.1) is 0 Å². The van der Waals surface area contributed by atoms with Crippen LogP contribution in [0.4, 0.5) is 4.79 Å². The molecule has 4 rings (SSSR count). The van der Waals surface area contributed by atoms with Gasteiger partial charge in [-0.05, 0) is 75.6 Å². The van der Waals surface area contributed by atoms with Crippen LogP contribution in [0, 0.1) is 17.2 Å². The largest absolute Gasteiger partial charge is 0.444 e. The lowest BCUT2D eigenvalue weighted by Gasteiger charge is -2.48. The van der Waals surface area contributed by atoms with Gasteiger partial charge in [-0.3, -0.25) is 4.79 Å². The van der Waals surface area contributed by atoms with Crippen LogP contribution in [0.3, 0.4) is 0 Å². The molecule has 2 aliphatic heterocycles. The number of fused-ring (bicyclic) bond motifs is 2. The monoisotopic (exact) mass is 444 g/mol. The number of piperidine rings is 2. The number of benzene rings is 2. The van der Waals surface area contributed by atoms with Crippen molar-refractivity contribution in [3.63, 3.8) is 0 Å². The molecule has 5 heteroatoms. The summed E-state index contributed by atoms with van der Waals surface area (Å²) in [7, 11) is 0. The number of Topliss-reactive ketones (excluding diaryl/α,β-unsaturated/α-hetero) is 1. The van der Waals surface area contributed by atoms with Gasteiger partial charge >= 0.3 is 6.09 Å². The standard InChI is InChI=1S/C28H32N2O3/c1-28(2,3)33-27(32)30-23-8-6-9-24(30)17-22(16-23)26(31)15-19-11-13-20(14-12-19)25-10-5-4-7-21(25)18-29/h4-5,7,10-14,22-24H,6,8-9,15-17H2,1-3H3. The summed E-state index contributed by atoms with van der Waals surface area (Å²) in [4.78, 5) is 27.9. The number of ketones is 1. The first-order valence-electron chi connectivity index (χ1n) is 11.9. The maximum Gasteiger partial charge on any atom is 0.410 e. The highest BCUT2D eigenvalue weighted by atomic mass is 16.6. The molecule has 0 radical (unpaired) electrons. The van der Waals surface area contributed by atoms with Gasteiger partial charge in [0, 0.05) is 24.4 Å². The van der Waals surface area contributed by atoms with Crippen molar-refractivity contribution in [1.82, 2.24) is 4.90 Å². The normalized spacial score (nSPS) is 22.4. The van der Waals surface area contributed by atoms with Gasteiger partial charge in [0.2, 0.25) is 0 Å². The van der Waals surface area contributed by atoms with E-state index in [9.17, 15) is 14.9 Å². The van der Waals surface area contributed by atoms with Crippen molar-refractivity contribution in [2.75, 3.05) is 0 Å². The predicted octanol–water partition coefficient (Wildman–Crippen LogP) is 5.91. The molecule has 2 aliphatic rings. The van der Waals surface area contributed by atoms with Crippen molar-refractivity contribution in [1.29, 1.82) is 5.26 Å². The SMILES string of the molecule is CC(C)(C)OC(=O)N1C2CCCC1CC(C(=O)Cc1ccc(-c3ccccc3C#N)cc1)C2. The molecule has 0 aliphatic carbocycles. The summed E-state index contributed by atoms with van der Waals surface area (Å²) in [6.07, 6.45) is 4.58. The second-order valence-corrected chi connectivity index (χ2v) is 10.3. The summed E-state index contributed by atoms with van der Waals surface area (Å²) in [6.45, 7) is 5.67. The number of hydrogen-bond acceptors (Lipinski definition) is 4. The molecule has 0 saturated carbocycles. The van der Waals surface area contributed by atoms with Gasteiger partial charge < -0.3 is 9.64 Å². The first-order valence-corrected chi connectivity index (χ1v) is 11.9. The van der Waals surface area contributed by atoms with E-state index in [1.165, 1.54) is 0 Å². The average Bonchev–Trinajstić information content (AvgIpc) is 2.77. The van der Waals surface area contributed by atoms with E-state index in [-0.39, 0.29) is 29.9 Å². The number of nitriles is 1. The summed E-state index contributed by atoms with van der Waals surface area (Å²) in [6, 6.07) is 17.9. The van der Waals surface area contributed by atoms with Crippen LogP contribution in [0.15, 0.2) is 48.5 Å². The van der Waals surface area contributed by atoms with Gasteiger partial charge in [0.05, 0.1) is 11.6 Å². The number of carbonyl (C=O) groups is 2. The third kappa shape index (κ3) is 5.27. The molecule has 0 aromatic heterocycles. The molecule has 2 unspecified atom stereocenters. The van der Waals surface area contributed by atoms with E-state index in [1.54, 1.807) is 0 Å². The zero-order chi connectivity index (χ0) is 23.6. The second-order valence-electron chi connectivity index (χ2n) is 10.3. The van der Waals surface area contributed by atoms with Gasteiger partial charge in [-0.1, -0.05) is 42.5 Å². The minimum absolute atomic E-state index is 0.0158. The molecule has 5 nitrogen and oxygen atoms in total.